The summed E-state index contributed by atoms with van der Waals surface area (Å²) in [6.45, 7) is 4.73. The minimum absolute atomic E-state index is 0.404. The number of rotatable bonds is 2. The molecule has 1 aromatic carbocycles. The number of hydrogen-bond acceptors (Lipinski definition) is 1. The first-order valence-corrected chi connectivity index (χ1v) is 4.25. The van der Waals surface area contributed by atoms with Crippen molar-refractivity contribution in [3.63, 3.8) is 0 Å². The number of hydrogen-bond donors (Lipinski definition) is 1. The average molecular weight is 213 g/mol. The van der Waals surface area contributed by atoms with Crippen molar-refractivity contribution in [2.75, 3.05) is 5.32 Å². The van der Waals surface area contributed by atoms with Gasteiger partial charge in [0.05, 0.1) is 0 Å². The SMILES string of the molecule is C=C=C(Nc1ccccc1C)C(F)(F)F. The minimum Gasteiger partial charge on any atom is -0.345 e. The van der Waals surface area contributed by atoms with E-state index in [2.05, 4.69) is 11.9 Å². The van der Waals surface area contributed by atoms with Crippen LogP contribution in [0, 0.1) is 6.92 Å². The molecule has 1 aromatic rings. The van der Waals surface area contributed by atoms with Crippen molar-refractivity contribution >= 4 is 5.69 Å². The minimum atomic E-state index is -4.45. The van der Waals surface area contributed by atoms with E-state index in [1.165, 1.54) is 0 Å². The molecule has 0 aliphatic heterocycles. The highest BCUT2D eigenvalue weighted by atomic mass is 19.4. The van der Waals surface area contributed by atoms with Gasteiger partial charge in [-0.15, -0.1) is 0 Å². The maximum absolute atomic E-state index is 12.3. The van der Waals surface area contributed by atoms with Crippen molar-refractivity contribution in [1.29, 1.82) is 0 Å². The molecule has 0 bridgehead atoms. The van der Waals surface area contributed by atoms with Crippen LogP contribution >= 0.6 is 0 Å². The lowest BCUT2D eigenvalue weighted by molar-refractivity contribution is -0.0900. The molecular formula is C11H10F3N. The molecule has 0 fully saturated rings. The molecule has 0 saturated carbocycles. The Labute approximate surface area is 85.9 Å². The lowest BCUT2D eigenvalue weighted by Crippen LogP contribution is -2.18. The first kappa shape index (κ1) is 11.4. The summed E-state index contributed by atoms with van der Waals surface area (Å²) in [7, 11) is 0. The van der Waals surface area contributed by atoms with Crippen LogP contribution in [0.15, 0.2) is 42.3 Å². The summed E-state index contributed by atoms with van der Waals surface area (Å²) in [5.74, 6) is 0. The molecule has 0 aliphatic rings. The Morgan fingerprint density at radius 3 is 2.40 bits per heavy atom. The predicted molar refractivity (Wildman–Crippen MR) is 53.5 cm³/mol. The van der Waals surface area contributed by atoms with E-state index >= 15 is 0 Å². The fraction of sp³-hybridized carbons (Fsp3) is 0.182. The number of benzene rings is 1. The molecule has 0 aliphatic carbocycles. The Kier molecular flexibility index (Phi) is 3.22. The van der Waals surface area contributed by atoms with Gasteiger partial charge in [-0.25, -0.2) is 0 Å². The summed E-state index contributed by atoms with van der Waals surface area (Å²) in [4.78, 5) is 0. The number of anilines is 1. The van der Waals surface area contributed by atoms with Gasteiger partial charge in [-0.1, -0.05) is 30.5 Å². The number of nitrogens with one attached hydrogen (secondary N) is 1. The molecule has 0 aromatic heterocycles. The van der Waals surface area contributed by atoms with E-state index in [1.54, 1.807) is 31.2 Å². The Morgan fingerprint density at radius 2 is 1.93 bits per heavy atom. The molecule has 1 rings (SSSR count). The molecule has 0 spiro atoms. The van der Waals surface area contributed by atoms with E-state index in [-0.39, 0.29) is 0 Å². The van der Waals surface area contributed by atoms with Crippen molar-refractivity contribution in [2.24, 2.45) is 0 Å². The third kappa shape index (κ3) is 2.89. The summed E-state index contributed by atoms with van der Waals surface area (Å²) in [6, 6.07) is 6.70. The normalized spacial score (nSPS) is 10.7. The molecule has 0 unspecified atom stereocenters. The van der Waals surface area contributed by atoms with Gasteiger partial charge >= 0.3 is 6.18 Å². The quantitative estimate of drug-likeness (QED) is 0.739. The number of halogens is 3. The highest BCUT2D eigenvalue weighted by Gasteiger charge is 2.34. The third-order valence-electron chi connectivity index (χ3n) is 1.86. The summed E-state index contributed by atoms with van der Waals surface area (Å²) < 4.78 is 37.0. The third-order valence-corrected chi connectivity index (χ3v) is 1.86. The van der Waals surface area contributed by atoms with Crippen LogP contribution in [-0.2, 0) is 0 Å². The van der Waals surface area contributed by atoms with E-state index in [4.69, 9.17) is 0 Å². The van der Waals surface area contributed by atoms with Crippen LogP contribution in [0.1, 0.15) is 5.56 Å². The monoisotopic (exact) mass is 213 g/mol. The number of allylic oxidation sites excluding steroid dienone is 1. The van der Waals surface area contributed by atoms with Gasteiger partial charge < -0.3 is 5.32 Å². The van der Waals surface area contributed by atoms with Gasteiger partial charge in [0.25, 0.3) is 0 Å². The van der Waals surface area contributed by atoms with Crippen LogP contribution in [0.4, 0.5) is 18.9 Å². The first-order chi connectivity index (χ1) is 6.95. The van der Waals surface area contributed by atoms with Gasteiger partial charge in [-0.2, -0.15) is 13.2 Å². The second-order valence-electron chi connectivity index (χ2n) is 2.99. The van der Waals surface area contributed by atoms with Crippen molar-refractivity contribution in [3.8, 4) is 0 Å². The molecule has 1 N–H and O–H groups in total. The smallest absolute Gasteiger partial charge is 0.345 e. The van der Waals surface area contributed by atoms with Gasteiger partial charge in [-0.3, -0.25) is 0 Å². The average Bonchev–Trinajstić information content (AvgIpc) is 2.14. The summed E-state index contributed by atoms with van der Waals surface area (Å²) in [6.07, 6.45) is -4.45. The van der Waals surface area contributed by atoms with Gasteiger partial charge in [0.2, 0.25) is 0 Å². The zero-order valence-electron chi connectivity index (χ0n) is 8.15. The molecule has 80 valence electrons. The Morgan fingerprint density at radius 1 is 1.33 bits per heavy atom. The lowest BCUT2D eigenvalue weighted by atomic mass is 10.2. The standard InChI is InChI=1S/C11H10F3N/c1-3-10(11(12,13)14)15-9-7-5-4-6-8(9)2/h4-7,15H,1H2,2H3. The van der Waals surface area contributed by atoms with Crippen LogP contribution in [0.2, 0.25) is 0 Å². The summed E-state index contributed by atoms with van der Waals surface area (Å²) in [5, 5.41) is 2.25. The Bertz CT molecular complexity index is 401. The Balaban J connectivity index is 2.96. The van der Waals surface area contributed by atoms with Crippen LogP contribution in [-0.4, -0.2) is 6.18 Å². The van der Waals surface area contributed by atoms with Gasteiger partial charge in [0.15, 0.2) is 5.70 Å². The fourth-order valence-corrected chi connectivity index (χ4v) is 1.06. The zero-order chi connectivity index (χ0) is 11.5. The molecule has 0 radical (unpaired) electrons. The molecule has 0 atom stereocenters. The number of aryl methyl sites for hydroxylation is 1. The zero-order valence-corrected chi connectivity index (χ0v) is 8.15. The maximum atomic E-state index is 12.3. The topological polar surface area (TPSA) is 12.0 Å². The first-order valence-electron chi connectivity index (χ1n) is 4.25. The summed E-state index contributed by atoms with van der Waals surface area (Å²) in [5.41, 5.74) is 2.01. The van der Waals surface area contributed by atoms with Gasteiger partial charge in [-0.05, 0) is 18.6 Å². The molecule has 0 heterocycles. The number of para-hydroxylation sites is 1. The highest BCUT2D eigenvalue weighted by molar-refractivity contribution is 5.54. The largest absolute Gasteiger partial charge is 0.438 e. The lowest BCUT2D eigenvalue weighted by Gasteiger charge is -2.13. The van der Waals surface area contributed by atoms with Crippen molar-refractivity contribution in [1.82, 2.24) is 0 Å². The van der Waals surface area contributed by atoms with Gasteiger partial charge in [0, 0.05) is 5.69 Å². The molecule has 1 nitrogen and oxygen atoms in total. The van der Waals surface area contributed by atoms with Crippen molar-refractivity contribution in [3.05, 3.63) is 47.8 Å². The fourth-order valence-electron chi connectivity index (χ4n) is 1.06. The molecule has 4 heteroatoms. The second-order valence-corrected chi connectivity index (χ2v) is 2.99. The molecule has 15 heavy (non-hydrogen) atoms. The number of alkyl halides is 3. The second kappa shape index (κ2) is 4.24. The van der Waals surface area contributed by atoms with Gasteiger partial charge in [0.1, 0.15) is 0 Å². The van der Waals surface area contributed by atoms with E-state index in [0.29, 0.717) is 5.69 Å². The van der Waals surface area contributed by atoms with Crippen LogP contribution < -0.4 is 5.32 Å². The van der Waals surface area contributed by atoms with Crippen molar-refractivity contribution in [2.45, 2.75) is 13.1 Å². The maximum Gasteiger partial charge on any atom is 0.438 e. The van der Waals surface area contributed by atoms with E-state index < -0.39 is 11.9 Å². The predicted octanol–water partition coefficient (Wildman–Crippen LogP) is 3.64. The molecule has 0 saturated heterocycles. The van der Waals surface area contributed by atoms with E-state index in [0.717, 1.165) is 5.56 Å². The van der Waals surface area contributed by atoms with Crippen LogP contribution in [0.5, 0.6) is 0 Å². The van der Waals surface area contributed by atoms with E-state index in [1.807, 2.05) is 5.73 Å². The van der Waals surface area contributed by atoms with Crippen molar-refractivity contribution < 1.29 is 13.2 Å². The molecule has 0 amide bonds. The van der Waals surface area contributed by atoms with Crippen LogP contribution in [0.3, 0.4) is 0 Å². The Hall–Kier alpha value is -1.67. The highest BCUT2D eigenvalue weighted by Crippen LogP contribution is 2.27. The summed E-state index contributed by atoms with van der Waals surface area (Å²) >= 11 is 0. The molecular weight excluding hydrogens is 203 g/mol. The van der Waals surface area contributed by atoms with Crippen LogP contribution in [0.25, 0.3) is 0 Å². The van der Waals surface area contributed by atoms with E-state index in [9.17, 15) is 13.2 Å².